The Labute approximate surface area is 151 Å². The molecule has 25 heavy (non-hydrogen) atoms. The van der Waals surface area contributed by atoms with Crippen molar-refractivity contribution in [2.24, 2.45) is 0 Å². The largest absolute Gasteiger partial charge is 0.394 e. The normalized spacial score (nSPS) is 17.7. The lowest BCUT2D eigenvalue weighted by molar-refractivity contribution is 0.163. The first-order chi connectivity index (χ1) is 12.0. The maximum absolute atomic E-state index is 12.1. The molecule has 1 aromatic rings. The lowest BCUT2D eigenvalue weighted by Gasteiger charge is -2.28. The van der Waals surface area contributed by atoms with Crippen LogP contribution in [0.2, 0.25) is 0 Å². The molecule has 140 valence electrons. The number of hydrogen-bond donors (Lipinski definition) is 3. The van der Waals surface area contributed by atoms with Gasteiger partial charge in [0.15, 0.2) is 0 Å². The smallest absolute Gasteiger partial charge is 0.315 e. The van der Waals surface area contributed by atoms with Crippen LogP contribution in [0.1, 0.15) is 57.1 Å². The summed E-state index contributed by atoms with van der Waals surface area (Å²) < 4.78 is 0. The lowest BCUT2D eigenvalue weighted by Crippen LogP contribution is -2.52. The van der Waals surface area contributed by atoms with Gasteiger partial charge in [0.2, 0.25) is 0 Å². The van der Waals surface area contributed by atoms with E-state index in [2.05, 4.69) is 39.8 Å². The first-order valence-electron chi connectivity index (χ1n) is 9.52. The summed E-state index contributed by atoms with van der Waals surface area (Å²) in [6.07, 6.45) is 5.64. The van der Waals surface area contributed by atoms with Gasteiger partial charge < -0.3 is 15.7 Å². The summed E-state index contributed by atoms with van der Waals surface area (Å²) in [5, 5.41) is 15.2. The minimum absolute atomic E-state index is 0.0561. The number of carbonyl (C=O) groups excluding carboxylic acids is 1. The van der Waals surface area contributed by atoms with Gasteiger partial charge in [-0.2, -0.15) is 0 Å². The molecule has 5 heteroatoms. The van der Waals surface area contributed by atoms with Crippen LogP contribution < -0.4 is 10.6 Å². The maximum atomic E-state index is 12.1. The molecule has 3 N–H and O–H groups in total. The van der Waals surface area contributed by atoms with Crippen molar-refractivity contribution >= 4 is 6.03 Å². The first kappa shape index (κ1) is 19.7. The topological polar surface area (TPSA) is 64.6 Å². The fourth-order valence-corrected chi connectivity index (χ4v) is 3.37. The Kier molecular flexibility index (Phi) is 7.72. The number of aliphatic hydroxyl groups excluding tert-OH is 1. The summed E-state index contributed by atoms with van der Waals surface area (Å²) in [6.45, 7) is 7.75. The van der Waals surface area contributed by atoms with Crippen molar-refractivity contribution in [2.75, 3.05) is 19.7 Å². The molecule has 1 aromatic carbocycles. The van der Waals surface area contributed by atoms with Crippen molar-refractivity contribution in [3.05, 3.63) is 35.4 Å². The molecule has 2 amide bonds. The monoisotopic (exact) mass is 347 g/mol. The average Bonchev–Trinajstić information content (AvgIpc) is 2.62. The molecule has 5 nitrogen and oxygen atoms in total. The summed E-state index contributed by atoms with van der Waals surface area (Å²) in [5.41, 5.74) is 1.85. The Morgan fingerprint density at radius 2 is 1.80 bits per heavy atom. The van der Waals surface area contributed by atoms with E-state index in [1.807, 2.05) is 13.8 Å². The van der Waals surface area contributed by atoms with E-state index < -0.39 is 5.54 Å². The third-order valence-corrected chi connectivity index (χ3v) is 4.90. The van der Waals surface area contributed by atoms with Crippen LogP contribution in [0.15, 0.2) is 24.3 Å². The van der Waals surface area contributed by atoms with Gasteiger partial charge in [-0.1, -0.05) is 44.0 Å². The summed E-state index contributed by atoms with van der Waals surface area (Å²) in [6, 6.07) is 8.23. The summed E-state index contributed by atoms with van der Waals surface area (Å²) in [7, 11) is 0. The first-order valence-corrected chi connectivity index (χ1v) is 9.52. The van der Waals surface area contributed by atoms with Gasteiger partial charge in [-0.3, -0.25) is 4.90 Å². The van der Waals surface area contributed by atoms with Crippen molar-refractivity contribution in [1.82, 2.24) is 15.5 Å². The number of benzene rings is 1. The second kappa shape index (κ2) is 9.78. The van der Waals surface area contributed by atoms with Crippen LogP contribution in [0.4, 0.5) is 4.79 Å². The zero-order valence-corrected chi connectivity index (χ0v) is 15.7. The van der Waals surface area contributed by atoms with Gasteiger partial charge in [0, 0.05) is 13.1 Å². The molecule has 1 fully saturated rings. The highest BCUT2D eigenvalue weighted by Crippen LogP contribution is 2.14. The molecule has 0 spiro atoms. The number of nitrogens with zero attached hydrogens (tertiary/aromatic N) is 1. The minimum Gasteiger partial charge on any atom is -0.394 e. The number of rotatable bonds is 8. The number of urea groups is 1. The highest BCUT2D eigenvalue weighted by molar-refractivity contribution is 5.74. The Bertz CT molecular complexity index is 526. The van der Waals surface area contributed by atoms with E-state index in [-0.39, 0.29) is 12.6 Å². The molecule has 0 saturated carbocycles. The molecule has 1 saturated heterocycles. The van der Waals surface area contributed by atoms with Gasteiger partial charge in [0.1, 0.15) is 0 Å². The Hall–Kier alpha value is -1.59. The highest BCUT2D eigenvalue weighted by Gasteiger charge is 2.24. The van der Waals surface area contributed by atoms with Gasteiger partial charge >= 0.3 is 6.03 Å². The van der Waals surface area contributed by atoms with Crippen LogP contribution in [0, 0.1) is 0 Å². The van der Waals surface area contributed by atoms with Crippen LogP contribution in [0.3, 0.4) is 0 Å². The highest BCUT2D eigenvalue weighted by atomic mass is 16.3. The molecule has 2 rings (SSSR count). The zero-order chi connectivity index (χ0) is 18.1. The quantitative estimate of drug-likeness (QED) is 0.677. The number of carbonyl (C=O) groups is 1. The van der Waals surface area contributed by atoms with Gasteiger partial charge in [-0.25, -0.2) is 4.79 Å². The molecule has 0 bridgehead atoms. The lowest BCUT2D eigenvalue weighted by atomic mass is 9.98. The van der Waals surface area contributed by atoms with Crippen LogP contribution >= 0.6 is 0 Å². The number of nitrogens with one attached hydrogen (secondary N) is 2. The van der Waals surface area contributed by atoms with Gasteiger partial charge in [-0.15, -0.1) is 0 Å². The van der Waals surface area contributed by atoms with E-state index in [0.717, 1.165) is 24.9 Å². The number of amides is 2. The van der Waals surface area contributed by atoms with Gasteiger partial charge in [0.05, 0.1) is 12.1 Å². The second-order valence-corrected chi connectivity index (χ2v) is 7.43. The molecular weight excluding hydrogens is 314 g/mol. The third-order valence-electron chi connectivity index (χ3n) is 4.90. The van der Waals surface area contributed by atoms with Crippen molar-refractivity contribution in [2.45, 2.75) is 64.6 Å². The average molecular weight is 348 g/mol. The molecule has 0 radical (unpaired) electrons. The number of piperidine rings is 1. The van der Waals surface area contributed by atoms with Crippen LogP contribution in [-0.4, -0.2) is 41.3 Å². The zero-order valence-electron chi connectivity index (χ0n) is 15.7. The Morgan fingerprint density at radius 1 is 1.16 bits per heavy atom. The van der Waals surface area contributed by atoms with Crippen LogP contribution in [0.5, 0.6) is 0 Å². The summed E-state index contributed by atoms with van der Waals surface area (Å²) >= 11 is 0. The number of hydrogen-bond acceptors (Lipinski definition) is 3. The van der Waals surface area contributed by atoms with Crippen molar-refractivity contribution in [3.63, 3.8) is 0 Å². The standard InChI is InChI=1S/C20H33N3O2/c1-3-11-20(2,16-24)22-19(25)21-14-17-7-9-18(10-8-17)15-23-12-5-4-6-13-23/h7-10,24H,3-6,11-16H2,1-2H3,(H2,21,22,25). The Morgan fingerprint density at radius 3 is 2.40 bits per heavy atom. The number of likely N-dealkylation sites (tertiary alicyclic amines) is 1. The molecule has 0 aliphatic carbocycles. The fourth-order valence-electron chi connectivity index (χ4n) is 3.37. The SMILES string of the molecule is CCCC(C)(CO)NC(=O)NCc1ccc(CN2CCCCC2)cc1. The third kappa shape index (κ3) is 6.67. The van der Waals surface area contributed by atoms with E-state index in [9.17, 15) is 9.90 Å². The van der Waals surface area contributed by atoms with E-state index in [4.69, 9.17) is 0 Å². The predicted molar refractivity (Wildman–Crippen MR) is 101 cm³/mol. The number of aliphatic hydroxyl groups is 1. The second-order valence-electron chi connectivity index (χ2n) is 7.43. The molecule has 1 aliphatic rings. The summed E-state index contributed by atoms with van der Waals surface area (Å²) in [5.74, 6) is 0. The molecule has 1 unspecified atom stereocenters. The fraction of sp³-hybridized carbons (Fsp3) is 0.650. The molecule has 0 aromatic heterocycles. The van der Waals surface area contributed by atoms with E-state index >= 15 is 0 Å². The van der Waals surface area contributed by atoms with Crippen LogP contribution in [-0.2, 0) is 13.1 Å². The maximum Gasteiger partial charge on any atom is 0.315 e. The van der Waals surface area contributed by atoms with E-state index in [0.29, 0.717) is 6.54 Å². The van der Waals surface area contributed by atoms with Crippen LogP contribution in [0.25, 0.3) is 0 Å². The van der Waals surface area contributed by atoms with Gasteiger partial charge in [0.25, 0.3) is 0 Å². The molecule has 1 aliphatic heterocycles. The molecular formula is C20H33N3O2. The van der Waals surface area contributed by atoms with E-state index in [1.54, 1.807) is 0 Å². The predicted octanol–water partition coefficient (Wildman–Crippen LogP) is 3.02. The minimum atomic E-state index is -0.558. The molecule has 1 atom stereocenters. The Balaban J connectivity index is 1.77. The summed E-state index contributed by atoms with van der Waals surface area (Å²) in [4.78, 5) is 14.6. The van der Waals surface area contributed by atoms with Crippen molar-refractivity contribution in [1.29, 1.82) is 0 Å². The molecule has 1 heterocycles. The van der Waals surface area contributed by atoms with Crippen molar-refractivity contribution in [3.8, 4) is 0 Å². The van der Waals surface area contributed by atoms with Crippen molar-refractivity contribution < 1.29 is 9.90 Å². The van der Waals surface area contributed by atoms with Gasteiger partial charge in [-0.05, 0) is 50.4 Å². The van der Waals surface area contributed by atoms with E-state index in [1.165, 1.54) is 37.9 Å².